The van der Waals surface area contributed by atoms with E-state index in [1.54, 1.807) is 6.92 Å². The quantitative estimate of drug-likeness (QED) is 0.912. The maximum absolute atomic E-state index is 11.1. The lowest BCUT2D eigenvalue weighted by Gasteiger charge is -2.23. The average Bonchev–Trinajstić information content (AvgIpc) is 2.28. The topological polar surface area (TPSA) is 55.8 Å². The molecule has 1 N–H and O–H groups in total. The maximum atomic E-state index is 11.1. The predicted octanol–water partition coefficient (Wildman–Crippen LogP) is 2.72. The van der Waals surface area contributed by atoms with Crippen LogP contribution in [0.1, 0.15) is 24.0 Å². The van der Waals surface area contributed by atoms with Gasteiger partial charge in [0.15, 0.2) is 11.5 Å². The molecule has 1 aliphatic heterocycles. The molecule has 0 bridgehead atoms. The second-order valence-corrected chi connectivity index (χ2v) is 4.80. The number of fused-ring (bicyclic) bond motifs is 1. The van der Waals surface area contributed by atoms with Gasteiger partial charge in [0.2, 0.25) is 0 Å². The van der Waals surface area contributed by atoms with E-state index in [9.17, 15) is 4.79 Å². The van der Waals surface area contributed by atoms with Gasteiger partial charge in [0, 0.05) is 0 Å². The Morgan fingerprint density at radius 3 is 2.76 bits per heavy atom. The summed E-state index contributed by atoms with van der Waals surface area (Å²) in [6.07, 6.45) is 0. The molecule has 1 unspecified atom stereocenters. The summed E-state index contributed by atoms with van der Waals surface area (Å²) < 4.78 is 11.7. The highest BCUT2D eigenvalue weighted by atomic mass is 79.9. The van der Waals surface area contributed by atoms with E-state index in [0.29, 0.717) is 29.2 Å². The highest BCUT2D eigenvalue weighted by Crippen LogP contribution is 2.43. The number of carboxylic acid groups (broad SMARTS) is 1. The Balaban J connectivity index is 2.57. The maximum Gasteiger partial charge on any atom is 0.310 e. The van der Waals surface area contributed by atoms with Gasteiger partial charge < -0.3 is 14.6 Å². The molecular formula is C12H13BrO4. The molecular weight excluding hydrogens is 288 g/mol. The van der Waals surface area contributed by atoms with E-state index >= 15 is 0 Å². The van der Waals surface area contributed by atoms with Crippen molar-refractivity contribution in [3.05, 3.63) is 21.7 Å². The number of carboxylic acids is 1. The van der Waals surface area contributed by atoms with Crippen molar-refractivity contribution >= 4 is 21.9 Å². The molecule has 4 nitrogen and oxygen atoms in total. The molecule has 92 valence electrons. The van der Waals surface area contributed by atoms with Crippen molar-refractivity contribution in [2.75, 3.05) is 13.2 Å². The fourth-order valence-corrected chi connectivity index (χ4v) is 2.90. The average molecular weight is 301 g/mol. The molecule has 2 rings (SSSR count). The molecule has 5 heteroatoms. The third-order valence-electron chi connectivity index (χ3n) is 2.82. The number of carbonyl (C=O) groups is 1. The Morgan fingerprint density at radius 2 is 2.12 bits per heavy atom. The number of rotatable bonds is 2. The smallest absolute Gasteiger partial charge is 0.310 e. The van der Waals surface area contributed by atoms with Crippen molar-refractivity contribution in [2.24, 2.45) is 0 Å². The minimum Gasteiger partial charge on any atom is -0.486 e. The fourth-order valence-electron chi connectivity index (χ4n) is 1.94. The number of aryl methyl sites for hydroxylation is 1. The largest absolute Gasteiger partial charge is 0.486 e. The van der Waals surface area contributed by atoms with E-state index in [1.165, 1.54) is 0 Å². The minimum atomic E-state index is -0.856. The molecule has 17 heavy (non-hydrogen) atoms. The first-order chi connectivity index (χ1) is 8.02. The number of hydrogen-bond donors (Lipinski definition) is 1. The van der Waals surface area contributed by atoms with Gasteiger partial charge >= 0.3 is 5.97 Å². The summed E-state index contributed by atoms with van der Waals surface area (Å²) in [6, 6.07) is 1.83. The zero-order valence-corrected chi connectivity index (χ0v) is 11.2. The predicted molar refractivity (Wildman–Crippen MR) is 65.9 cm³/mol. The summed E-state index contributed by atoms with van der Waals surface area (Å²) in [5, 5.41) is 9.10. The summed E-state index contributed by atoms with van der Waals surface area (Å²) in [6.45, 7) is 4.53. The van der Waals surface area contributed by atoms with Crippen LogP contribution in [-0.2, 0) is 4.79 Å². The van der Waals surface area contributed by atoms with Crippen molar-refractivity contribution in [1.29, 1.82) is 0 Å². The van der Waals surface area contributed by atoms with Gasteiger partial charge in [0.05, 0.1) is 10.4 Å². The highest BCUT2D eigenvalue weighted by molar-refractivity contribution is 9.10. The van der Waals surface area contributed by atoms with E-state index in [2.05, 4.69) is 15.9 Å². The van der Waals surface area contributed by atoms with Crippen LogP contribution in [0.5, 0.6) is 11.5 Å². The van der Waals surface area contributed by atoms with Gasteiger partial charge in [-0.25, -0.2) is 0 Å². The van der Waals surface area contributed by atoms with Crippen LogP contribution in [0.3, 0.4) is 0 Å². The number of halogens is 1. The molecule has 0 aromatic heterocycles. The van der Waals surface area contributed by atoms with Gasteiger partial charge in [-0.15, -0.1) is 0 Å². The van der Waals surface area contributed by atoms with Crippen LogP contribution in [0, 0.1) is 6.92 Å². The van der Waals surface area contributed by atoms with Crippen LogP contribution in [-0.4, -0.2) is 24.3 Å². The minimum absolute atomic E-state index is 0.482. The highest BCUT2D eigenvalue weighted by Gasteiger charge is 2.25. The van der Waals surface area contributed by atoms with Crippen LogP contribution >= 0.6 is 15.9 Å². The molecule has 0 radical (unpaired) electrons. The molecule has 0 amide bonds. The molecule has 1 heterocycles. The number of ether oxygens (including phenoxy) is 2. The van der Waals surface area contributed by atoms with Crippen LogP contribution < -0.4 is 9.47 Å². The van der Waals surface area contributed by atoms with Gasteiger partial charge in [-0.1, -0.05) is 0 Å². The summed E-state index contributed by atoms with van der Waals surface area (Å²) >= 11 is 3.42. The molecule has 0 aliphatic carbocycles. The van der Waals surface area contributed by atoms with Gasteiger partial charge in [-0.05, 0) is 47.0 Å². The Bertz CT molecular complexity index is 470. The monoisotopic (exact) mass is 300 g/mol. The van der Waals surface area contributed by atoms with Crippen molar-refractivity contribution in [3.8, 4) is 11.5 Å². The lowest BCUT2D eigenvalue weighted by atomic mass is 9.95. The van der Waals surface area contributed by atoms with Crippen LogP contribution in [0.2, 0.25) is 0 Å². The summed E-state index contributed by atoms with van der Waals surface area (Å²) in [5.74, 6) is -0.169. The van der Waals surface area contributed by atoms with Crippen LogP contribution in [0.25, 0.3) is 0 Å². The molecule has 1 aromatic carbocycles. The third-order valence-corrected chi connectivity index (χ3v) is 3.61. The first kappa shape index (κ1) is 12.2. The SMILES string of the molecule is Cc1cc2c(c(Br)c1C(C)C(=O)O)OCCO2. The molecule has 0 saturated heterocycles. The summed E-state index contributed by atoms with van der Waals surface area (Å²) in [7, 11) is 0. The van der Waals surface area contributed by atoms with E-state index in [1.807, 2.05) is 13.0 Å². The summed E-state index contributed by atoms with van der Waals surface area (Å²) in [5.41, 5.74) is 1.62. The van der Waals surface area contributed by atoms with E-state index in [4.69, 9.17) is 14.6 Å². The molecule has 1 aromatic rings. The van der Waals surface area contributed by atoms with Crippen LogP contribution in [0.15, 0.2) is 10.5 Å². The lowest BCUT2D eigenvalue weighted by Crippen LogP contribution is -2.18. The number of aliphatic carboxylic acids is 1. The Morgan fingerprint density at radius 1 is 1.47 bits per heavy atom. The lowest BCUT2D eigenvalue weighted by molar-refractivity contribution is -0.138. The van der Waals surface area contributed by atoms with Crippen LogP contribution in [0.4, 0.5) is 0 Å². The van der Waals surface area contributed by atoms with Crippen molar-refractivity contribution < 1.29 is 19.4 Å². The summed E-state index contributed by atoms with van der Waals surface area (Å²) in [4.78, 5) is 11.1. The molecule has 1 atom stereocenters. The zero-order chi connectivity index (χ0) is 12.6. The van der Waals surface area contributed by atoms with E-state index in [-0.39, 0.29) is 0 Å². The van der Waals surface area contributed by atoms with E-state index < -0.39 is 11.9 Å². The standard InChI is InChI=1S/C12H13BrO4/c1-6-5-8-11(17-4-3-16-8)10(13)9(6)7(2)12(14)15/h5,7H,3-4H2,1-2H3,(H,14,15). The Hall–Kier alpha value is -1.23. The van der Waals surface area contributed by atoms with Gasteiger partial charge in [0.25, 0.3) is 0 Å². The fraction of sp³-hybridized carbons (Fsp3) is 0.417. The second kappa shape index (κ2) is 4.56. The number of hydrogen-bond acceptors (Lipinski definition) is 3. The van der Waals surface area contributed by atoms with Crippen molar-refractivity contribution in [1.82, 2.24) is 0 Å². The molecule has 0 saturated carbocycles. The zero-order valence-electron chi connectivity index (χ0n) is 9.62. The second-order valence-electron chi connectivity index (χ2n) is 4.01. The van der Waals surface area contributed by atoms with E-state index in [0.717, 1.165) is 11.1 Å². The molecule has 0 fully saturated rings. The first-order valence-electron chi connectivity index (χ1n) is 5.33. The van der Waals surface area contributed by atoms with Crippen molar-refractivity contribution in [2.45, 2.75) is 19.8 Å². The third kappa shape index (κ3) is 2.11. The Kier molecular flexibility index (Phi) is 3.28. The first-order valence-corrected chi connectivity index (χ1v) is 6.13. The Labute approximate surface area is 108 Å². The van der Waals surface area contributed by atoms with Crippen molar-refractivity contribution in [3.63, 3.8) is 0 Å². The van der Waals surface area contributed by atoms with Gasteiger partial charge in [-0.3, -0.25) is 4.79 Å². The molecule has 1 aliphatic rings. The number of benzene rings is 1. The van der Waals surface area contributed by atoms with Gasteiger partial charge in [-0.2, -0.15) is 0 Å². The molecule has 0 spiro atoms. The normalized spacial score (nSPS) is 15.5. The van der Waals surface area contributed by atoms with Gasteiger partial charge in [0.1, 0.15) is 13.2 Å².